The number of nitrogens with zero attached hydrogens (tertiary/aromatic N) is 3. The Morgan fingerprint density at radius 3 is 2.55 bits per heavy atom. The molecule has 4 N–H and O–H groups in total. The number of likely N-dealkylation sites (N-methyl/N-ethyl adjacent to an activating group) is 1. The number of amides is 1. The average Bonchev–Trinajstić information content (AvgIpc) is 3.26. The van der Waals surface area contributed by atoms with Gasteiger partial charge in [0.2, 0.25) is 6.79 Å². The number of hydrogen-bond acceptors (Lipinski definition) is 8. The number of nitrogen functional groups attached to an aromatic ring is 1. The third kappa shape index (κ3) is 4.78. The second-order valence-electron chi connectivity index (χ2n) is 7.99. The van der Waals surface area contributed by atoms with Crippen molar-refractivity contribution in [1.29, 1.82) is 0 Å². The Balaban J connectivity index is 1.57. The maximum Gasteiger partial charge on any atom is 0.255 e. The highest BCUT2D eigenvalue weighted by Crippen LogP contribution is 2.39. The predicted molar refractivity (Wildman–Crippen MR) is 127 cm³/mol. The van der Waals surface area contributed by atoms with Crippen LogP contribution in [0.25, 0.3) is 11.3 Å². The first-order valence-electron chi connectivity index (χ1n) is 10.5. The number of hydrogen-bond donors (Lipinski definition) is 3. The van der Waals surface area contributed by atoms with E-state index >= 15 is 0 Å². The minimum Gasteiger partial charge on any atom is -0.507 e. The number of carbonyl (C=O) groups excluding carboxylic acids is 1. The zero-order valence-corrected chi connectivity index (χ0v) is 18.8. The lowest BCUT2D eigenvalue weighted by Gasteiger charge is -2.21. The van der Waals surface area contributed by atoms with Crippen LogP contribution in [-0.2, 0) is 0 Å². The lowest BCUT2D eigenvalue weighted by molar-refractivity contribution is 0.0951. The maximum atomic E-state index is 12.4. The molecular formula is C24H27N5O4. The molecule has 9 nitrogen and oxygen atoms in total. The number of benzene rings is 2. The normalized spacial score (nSPS) is 12.1. The van der Waals surface area contributed by atoms with Gasteiger partial charge >= 0.3 is 0 Å². The van der Waals surface area contributed by atoms with Crippen LogP contribution in [0.2, 0.25) is 0 Å². The van der Waals surface area contributed by atoms with Crippen LogP contribution in [0.1, 0.15) is 10.4 Å². The molecular weight excluding hydrogens is 422 g/mol. The Hall–Kier alpha value is -3.98. The van der Waals surface area contributed by atoms with Gasteiger partial charge in [-0.3, -0.25) is 4.79 Å². The predicted octanol–water partition coefficient (Wildman–Crippen LogP) is 2.82. The smallest absolute Gasteiger partial charge is 0.255 e. The molecule has 0 bridgehead atoms. The van der Waals surface area contributed by atoms with Crippen molar-refractivity contribution in [3.05, 3.63) is 54.1 Å². The van der Waals surface area contributed by atoms with Crippen LogP contribution in [0, 0.1) is 0 Å². The molecule has 0 atom stereocenters. The van der Waals surface area contributed by atoms with Crippen molar-refractivity contribution < 1.29 is 19.4 Å². The van der Waals surface area contributed by atoms with Gasteiger partial charge in [0.05, 0.1) is 11.3 Å². The van der Waals surface area contributed by atoms with Crippen molar-refractivity contribution >= 4 is 23.1 Å². The second kappa shape index (κ2) is 9.25. The fraction of sp³-hybridized carbons (Fsp3) is 0.250. The van der Waals surface area contributed by atoms with Crippen molar-refractivity contribution in [2.75, 3.05) is 51.7 Å². The number of anilines is 3. The first kappa shape index (κ1) is 22.2. The van der Waals surface area contributed by atoms with Crippen molar-refractivity contribution in [3.63, 3.8) is 0 Å². The summed E-state index contributed by atoms with van der Waals surface area (Å²) in [6, 6.07) is 14.2. The fourth-order valence-corrected chi connectivity index (χ4v) is 3.49. The summed E-state index contributed by atoms with van der Waals surface area (Å²) in [5, 5.41) is 13.3. The molecule has 0 unspecified atom stereocenters. The van der Waals surface area contributed by atoms with E-state index in [0.717, 1.165) is 11.4 Å². The van der Waals surface area contributed by atoms with E-state index in [-0.39, 0.29) is 24.3 Å². The molecule has 2 aromatic carbocycles. The van der Waals surface area contributed by atoms with Gasteiger partial charge in [0.15, 0.2) is 11.5 Å². The molecule has 1 aromatic heterocycles. The Morgan fingerprint density at radius 1 is 1.06 bits per heavy atom. The summed E-state index contributed by atoms with van der Waals surface area (Å²) in [4.78, 5) is 20.7. The summed E-state index contributed by atoms with van der Waals surface area (Å²) in [5.74, 6) is 1.28. The van der Waals surface area contributed by atoms with Crippen LogP contribution < -0.4 is 25.4 Å². The highest BCUT2D eigenvalue weighted by molar-refractivity contribution is 5.98. The second-order valence-corrected chi connectivity index (χ2v) is 7.99. The largest absolute Gasteiger partial charge is 0.507 e. The third-order valence-electron chi connectivity index (χ3n) is 5.40. The first-order chi connectivity index (χ1) is 15.8. The zero-order chi connectivity index (χ0) is 23.5. The van der Waals surface area contributed by atoms with Gasteiger partial charge in [0, 0.05) is 43.1 Å². The highest BCUT2D eigenvalue weighted by Gasteiger charge is 2.18. The summed E-state index contributed by atoms with van der Waals surface area (Å²) in [6.45, 7) is 1.43. The molecule has 0 aliphatic carbocycles. The van der Waals surface area contributed by atoms with Gasteiger partial charge in [-0.25, -0.2) is 4.98 Å². The molecule has 3 aromatic rings. The Kier molecular flexibility index (Phi) is 6.23. The number of pyridine rings is 1. The first-order valence-corrected chi connectivity index (χ1v) is 10.5. The van der Waals surface area contributed by atoms with E-state index in [9.17, 15) is 9.90 Å². The number of nitrogens with one attached hydrogen (secondary N) is 1. The molecule has 1 amide bonds. The molecule has 0 saturated carbocycles. The number of aromatic nitrogens is 1. The molecule has 0 fully saturated rings. The van der Waals surface area contributed by atoms with Crippen molar-refractivity contribution in [2.45, 2.75) is 0 Å². The SMILES string of the molecule is CN(C)CCNC(=O)c1ccc(-c2cc(N(C)c3ccc4c(c3)OCO4)ccc2O)nc1N. The minimum absolute atomic E-state index is 0.0629. The summed E-state index contributed by atoms with van der Waals surface area (Å²) < 4.78 is 10.8. The highest BCUT2D eigenvalue weighted by atomic mass is 16.7. The standard InChI is InChI=1S/C24H27N5O4/c1-28(2)11-10-26-24(31)17-6-7-19(27-23(17)25)18-12-15(4-8-20(18)30)29(3)16-5-9-21-22(13-16)33-14-32-21/h4-9,12-13,30H,10-11,14H2,1-3H3,(H2,25,27)(H,26,31). The van der Waals surface area contributed by atoms with Crippen LogP contribution in [0.4, 0.5) is 17.2 Å². The number of ether oxygens (including phenoxy) is 2. The molecule has 33 heavy (non-hydrogen) atoms. The van der Waals surface area contributed by atoms with Gasteiger partial charge in [-0.1, -0.05) is 0 Å². The minimum atomic E-state index is -0.283. The number of phenols is 1. The molecule has 172 valence electrons. The number of phenolic OH excluding ortho intramolecular Hbond substituents is 1. The number of carbonyl (C=O) groups is 1. The van der Waals surface area contributed by atoms with Gasteiger partial charge in [0.25, 0.3) is 5.91 Å². The van der Waals surface area contributed by atoms with E-state index in [0.29, 0.717) is 41.4 Å². The quantitative estimate of drug-likeness (QED) is 0.505. The van der Waals surface area contributed by atoms with Crippen LogP contribution in [-0.4, -0.2) is 61.9 Å². The number of fused-ring (bicyclic) bond motifs is 1. The van der Waals surface area contributed by atoms with E-state index in [2.05, 4.69) is 10.3 Å². The van der Waals surface area contributed by atoms with Crippen LogP contribution in [0.5, 0.6) is 17.2 Å². The number of nitrogens with two attached hydrogens (primary N) is 1. The summed E-state index contributed by atoms with van der Waals surface area (Å²) in [7, 11) is 5.78. The van der Waals surface area contributed by atoms with E-state index in [4.69, 9.17) is 15.2 Å². The number of rotatable bonds is 7. The van der Waals surface area contributed by atoms with E-state index in [1.807, 2.05) is 55.2 Å². The lowest BCUT2D eigenvalue weighted by Crippen LogP contribution is -2.31. The summed E-state index contributed by atoms with van der Waals surface area (Å²) in [5.41, 5.74) is 9.08. The molecule has 0 saturated heterocycles. The Bertz CT molecular complexity index is 1180. The van der Waals surface area contributed by atoms with Gasteiger partial charge in [-0.2, -0.15) is 0 Å². The van der Waals surface area contributed by atoms with Crippen molar-refractivity contribution in [1.82, 2.24) is 15.2 Å². The number of aromatic hydroxyl groups is 1. The fourth-order valence-electron chi connectivity index (χ4n) is 3.49. The Labute approximate surface area is 192 Å². The van der Waals surface area contributed by atoms with Crippen LogP contribution in [0.15, 0.2) is 48.5 Å². The van der Waals surface area contributed by atoms with Crippen LogP contribution in [0.3, 0.4) is 0 Å². The monoisotopic (exact) mass is 449 g/mol. The summed E-state index contributed by atoms with van der Waals surface area (Å²) in [6.07, 6.45) is 0. The molecule has 2 heterocycles. The molecule has 1 aliphatic rings. The molecule has 0 radical (unpaired) electrons. The van der Waals surface area contributed by atoms with Gasteiger partial charge in [0.1, 0.15) is 11.6 Å². The molecule has 9 heteroatoms. The third-order valence-corrected chi connectivity index (χ3v) is 5.40. The van der Waals surface area contributed by atoms with Gasteiger partial charge in [-0.05, 0) is 56.6 Å². The summed E-state index contributed by atoms with van der Waals surface area (Å²) >= 11 is 0. The van der Waals surface area contributed by atoms with E-state index in [1.165, 1.54) is 0 Å². The molecule has 4 rings (SSSR count). The molecule has 1 aliphatic heterocycles. The Morgan fingerprint density at radius 2 is 1.79 bits per heavy atom. The van der Waals surface area contributed by atoms with Gasteiger partial charge in [-0.15, -0.1) is 0 Å². The zero-order valence-electron chi connectivity index (χ0n) is 18.8. The van der Waals surface area contributed by atoms with Gasteiger partial charge < -0.3 is 35.4 Å². The van der Waals surface area contributed by atoms with Crippen molar-refractivity contribution in [3.8, 4) is 28.5 Å². The van der Waals surface area contributed by atoms with Crippen molar-refractivity contribution in [2.24, 2.45) is 0 Å². The van der Waals surface area contributed by atoms with E-state index < -0.39 is 0 Å². The van der Waals surface area contributed by atoms with E-state index in [1.54, 1.807) is 24.3 Å². The maximum absolute atomic E-state index is 12.4. The lowest BCUT2D eigenvalue weighted by atomic mass is 10.1. The topological polar surface area (TPSA) is 113 Å². The molecule has 0 spiro atoms. The van der Waals surface area contributed by atoms with Crippen LogP contribution >= 0.6 is 0 Å². The average molecular weight is 450 g/mol.